The van der Waals surface area contributed by atoms with Crippen LogP contribution in [0.15, 0.2) is 60.7 Å². The first-order chi connectivity index (χ1) is 18.6. The molecule has 11 nitrogen and oxygen atoms in total. The Labute approximate surface area is 226 Å². The molecular weight excluding hydrogens is 522 g/mol. The van der Waals surface area contributed by atoms with Crippen molar-refractivity contribution in [2.75, 3.05) is 31.2 Å². The SMILES string of the molecule is CCN(CC)CCn1nc2c3c(c([N+](=O)[O-])ccc31)Nc1cc(OCc3ccccc3)ccc1-2.CS(=O)(=O)O. The van der Waals surface area contributed by atoms with E-state index in [0.717, 1.165) is 53.0 Å². The van der Waals surface area contributed by atoms with Crippen LogP contribution in [0.5, 0.6) is 5.75 Å². The van der Waals surface area contributed by atoms with E-state index >= 15 is 0 Å². The Balaban J connectivity index is 0.000000648. The molecule has 3 aromatic carbocycles. The fourth-order valence-electron chi connectivity index (χ4n) is 4.47. The lowest BCUT2D eigenvalue weighted by atomic mass is 9.99. The fraction of sp³-hybridized carbons (Fsp3) is 0.296. The summed E-state index contributed by atoms with van der Waals surface area (Å²) in [5.74, 6) is 0.689. The van der Waals surface area contributed by atoms with E-state index in [1.165, 1.54) is 0 Å². The summed E-state index contributed by atoms with van der Waals surface area (Å²) in [5.41, 5.74) is 4.91. The van der Waals surface area contributed by atoms with Gasteiger partial charge in [-0.15, -0.1) is 0 Å². The number of nitrogens with zero attached hydrogens (tertiary/aromatic N) is 4. The van der Waals surface area contributed by atoms with Gasteiger partial charge in [-0.25, -0.2) is 0 Å². The number of hydrogen-bond donors (Lipinski definition) is 2. The number of ether oxygens (including phenoxy) is 1. The summed E-state index contributed by atoms with van der Waals surface area (Å²) in [5, 5.41) is 20.8. The maximum Gasteiger partial charge on any atom is 0.293 e. The van der Waals surface area contributed by atoms with Crippen LogP contribution in [0.4, 0.5) is 17.1 Å². The van der Waals surface area contributed by atoms with Crippen LogP contribution in [0.25, 0.3) is 22.2 Å². The van der Waals surface area contributed by atoms with Crippen LogP contribution in [0.2, 0.25) is 0 Å². The third kappa shape index (κ3) is 6.72. The zero-order chi connectivity index (χ0) is 28.2. The second-order valence-electron chi connectivity index (χ2n) is 9.05. The van der Waals surface area contributed by atoms with Crippen LogP contribution in [0.3, 0.4) is 0 Å². The van der Waals surface area contributed by atoms with Gasteiger partial charge in [0.25, 0.3) is 15.8 Å². The molecule has 2 heterocycles. The first-order valence-electron chi connectivity index (χ1n) is 12.5. The van der Waals surface area contributed by atoms with Crippen molar-refractivity contribution in [3.8, 4) is 17.0 Å². The largest absolute Gasteiger partial charge is 0.489 e. The third-order valence-electron chi connectivity index (χ3n) is 6.37. The molecule has 0 saturated heterocycles. The Hall–Kier alpha value is -4.00. The van der Waals surface area contributed by atoms with E-state index in [9.17, 15) is 18.5 Å². The Morgan fingerprint density at radius 1 is 1.10 bits per heavy atom. The molecule has 0 aliphatic carbocycles. The van der Waals surface area contributed by atoms with Gasteiger partial charge in [0.05, 0.1) is 34.3 Å². The van der Waals surface area contributed by atoms with Gasteiger partial charge in [0, 0.05) is 24.2 Å². The van der Waals surface area contributed by atoms with Crippen molar-refractivity contribution in [1.82, 2.24) is 14.7 Å². The minimum atomic E-state index is -3.67. The van der Waals surface area contributed by atoms with Crippen molar-refractivity contribution < 1.29 is 22.6 Å². The maximum atomic E-state index is 11.8. The number of rotatable bonds is 9. The molecule has 1 aliphatic heterocycles. The molecule has 5 rings (SSSR count). The number of nitrogens with one attached hydrogen (secondary N) is 1. The maximum absolute atomic E-state index is 11.8. The second kappa shape index (κ2) is 11.8. The molecule has 2 N–H and O–H groups in total. The number of nitro groups is 1. The highest BCUT2D eigenvalue weighted by molar-refractivity contribution is 7.85. The fourth-order valence-corrected chi connectivity index (χ4v) is 4.47. The Morgan fingerprint density at radius 2 is 1.79 bits per heavy atom. The summed E-state index contributed by atoms with van der Waals surface area (Å²) < 4.78 is 33.8. The van der Waals surface area contributed by atoms with Crippen LogP contribution in [-0.4, -0.2) is 58.5 Å². The van der Waals surface area contributed by atoms with Crippen LogP contribution < -0.4 is 10.1 Å². The minimum absolute atomic E-state index is 0.0401. The lowest BCUT2D eigenvalue weighted by Crippen LogP contribution is -2.27. The van der Waals surface area contributed by atoms with Crippen LogP contribution in [0, 0.1) is 10.1 Å². The summed E-state index contributed by atoms with van der Waals surface area (Å²) in [4.78, 5) is 13.8. The highest BCUT2D eigenvalue weighted by atomic mass is 32.2. The molecule has 12 heteroatoms. The van der Waals surface area contributed by atoms with E-state index < -0.39 is 10.1 Å². The lowest BCUT2D eigenvalue weighted by molar-refractivity contribution is -0.383. The topological polar surface area (TPSA) is 140 Å². The molecule has 206 valence electrons. The molecule has 0 saturated carbocycles. The van der Waals surface area contributed by atoms with Crippen LogP contribution in [0.1, 0.15) is 19.4 Å². The second-order valence-corrected chi connectivity index (χ2v) is 10.5. The number of aromatic nitrogens is 2. The normalized spacial score (nSPS) is 11.9. The van der Waals surface area contributed by atoms with Gasteiger partial charge in [0.1, 0.15) is 23.7 Å². The smallest absolute Gasteiger partial charge is 0.293 e. The van der Waals surface area contributed by atoms with Gasteiger partial charge in [0.2, 0.25) is 0 Å². The Bertz CT molecular complexity index is 1580. The molecule has 1 aliphatic rings. The highest BCUT2D eigenvalue weighted by Crippen LogP contribution is 2.47. The van der Waals surface area contributed by atoms with Crippen LogP contribution in [-0.2, 0) is 23.3 Å². The van der Waals surface area contributed by atoms with Gasteiger partial charge >= 0.3 is 0 Å². The monoisotopic (exact) mass is 553 g/mol. The van der Waals surface area contributed by atoms with Gasteiger partial charge in [0.15, 0.2) is 0 Å². The van der Waals surface area contributed by atoms with Gasteiger partial charge in [-0.2, -0.15) is 13.5 Å². The summed E-state index contributed by atoms with van der Waals surface area (Å²) in [6, 6.07) is 19.1. The predicted molar refractivity (Wildman–Crippen MR) is 151 cm³/mol. The van der Waals surface area contributed by atoms with E-state index in [2.05, 4.69) is 24.1 Å². The average molecular weight is 554 g/mol. The van der Waals surface area contributed by atoms with Crippen LogP contribution >= 0.6 is 0 Å². The standard InChI is InChI=1S/C26H27N5O3.CH4O3S/c1-3-29(4-2)14-15-30-22-12-13-23(31(32)33)26-24(22)25(28-30)20-11-10-19(16-21(20)27-26)34-17-18-8-6-5-7-9-18;1-5(2,3)4/h5-13,16,27H,3-4,14-15,17H2,1-2H3;1H3,(H,2,3,4). The predicted octanol–water partition coefficient (Wildman–Crippen LogP) is 5.09. The van der Waals surface area contributed by atoms with Crippen molar-refractivity contribution in [2.45, 2.75) is 27.0 Å². The first kappa shape index (κ1) is 28.0. The molecule has 0 atom stereocenters. The number of benzene rings is 3. The molecule has 0 spiro atoms. The minimum Gasteiger partial charge on any atom is -0.489 e. The zero-order valence-corrected chi connectivity index (χ0v) is 22.8. The number of likely N-dealkylation sites (N-methyl/N-ethyl adjacent to an activating group) is 1. The number of hydrogen-bond acceptors (Lipinski definition) is 8. The molecule has 39 heavy (non-hydrogen) atoms. The van der Waals surface area contributed by atoms with Gasteiger partial charge in [-0.05, 0) is 36.9 Å². The average Bonchev–Trinajstić information content (AvgIpc) is 3.27. The number of anilines is 2. The molecular formula is C27H31N5O6S. The van der Waals surface area contributed by atoms with E-state index in [-0.39, 0.29) is 10.6 Å². The number of fused-ring (bicyclic) bond motifs is 2. The van der Waals surface area contributed by atoms with Crippen molar-refractivity contribution in [3.05, 3.63) is 76.3 Å². The Kier molecular flexibility index (Phi) is 8.48. The zero-order valence-electron chi connectivity index (χ0n) is 22.0. The van der Waals surface area contributed by atoms with E-state index in [1.807, 2.05) is 53.2 Å². The van der Waals surface area contributed by atoms with Gasteiger partial charge in [-0.3, -0.25) is 19.3 Å². The van der Waals surface area contributed by atoms with E-state index in [1.54, 1.807) is 12.1 Å². The third-order valence-corrected chi connectivity index (χ3v) is 6.37. The molecule has 4 aromatic rings. The highest BCUT2D eigenvalue weighted by Gasteiger charge is 2.29. The summed E-state index contributed by atoms with van der Waals surface area (Å²) in [7, 11) is -3.67. The van der Waals surface area contributed by atoms with Gasteiger partial charge in [-0.1, -0.05) is 44.2 Å². The van der Waals surface area contributed by atoms with E-state index in [4.69, 9.17) is 14.4 Å². The quantitative estimate of drug-likeness (QED) is 0.145. The molecule has 0 radical (unpaired) electrons. The molecule has 0 fully saturated rings. The number of nitro benzene ring substituents is 1. The lowest BCUT2D eigenvalue weighted by Gasteiger charge is -2.19. The Morgan fingerprint density at radius 3 is 2.44 bits per heavy atom. The molecule has 0 amide bonds. The molecule has 0 unspecified atom stereocenters. The summed E-state index contributed by atoms with van der Waals surface area (Å²) in [6.07, 6.45) is 0.715. The van der Waals surface area contributed by atoms with Crippen molar-refractivity contribution in [1.29, 1.82) is 0 Å². The summed E-state index contributed by atoms with van der Waals surface area (Å²) in [6.45, 7) is 8.24. The molecule has 0 bridgehead atoms. The van der Waals surface area contributed by atoms with Crippen molar-refractivity contribution >= 4 is 38.1 Å². The van der Waals surface area contributed by atoms with Gasteiger partial charge < -0.3 is 15.0 Å². The van der Waals surface area contributed by atoms with Crippen molar-refractivity contribution in [2.24, 2.45) is 0 Å². The van der Waals surface area contributed by atoms with Crippen molar-refractivity contribution in [3.63, 3.8) is 0 Å². The summed E-state index contributed by atoms with van der Waals surface area (Å²) >= 11 is 0. The molecule has 1 aromatic heterocycles. The van der Waals surface area contributed by atoms with E-state index in [0.29, 0.717) is 30.8 Å². The first-order valence-corrected chi connectivity index (χ1v) is 14.3.